The molecule has 0 aliphatic heterocycles. The van der Waals surface area contributed by atoms with Gasteiger partial charge in [0, 0.05) is 12.6 Å². The highest BCUT2D eigenvalue weighted by Gasteiger charge is 2.22. The van der Waals surface area contributed by atoms with Gasteiger partial charge in [-0.25, -0.2) is 4.98 Å². The minimum atomic E-state index is -1.26. The Labute approximate surface area is 147 Å². The number of carbonyl (C=O) groups excluding carboxylic acids is 1. The van der Waals surface area contributed by atoms with Crippen LogP contribution >= 0.6 is 0 Å². The molecule has 2 aromatic heterocycles. The number of carboxylic acid groups (broad SMARTS) is 1. The fraction of sp³-hybridized carbons (Fsp3) is 0.111. The predicted molar refractivity (Wildman–Crippen MR) is 94.1 cm³/mol. The second-order valence-electron chi connectivity index (χ2n) is 5.60. The van der Waals surface area contributed by atoms with Crippen LogP contribution in [0.1, 0.15) is 10.4 Å². The zero-order valence-electron chi connectivity index (χ0n) is 13.8. The van der Waals surface area contributed by atoms with Crippen LogP contribution in [0, 0.1) is 0 Å². The first-order valence-corrected chi connectivity index (χ1v) is 7.68. The van der Waals surface area contributed by atoms with Crippen LogP contribution in [-0.4, -0.2) is 38.2 Å². The molecule has 0 saturated heterocycles. The van der Waals surface area contributed by atoms with Crippen LogP contribution in [-0.2, 0) is 11.8 Å². The monoisotopic (exact) mass is 353 g/mol. The van der Waals surface area contributed by atoms with Crippen molar-refractivity contribution in [1.29, 1.82) is 0 Å². The van der Waals surface area contributed by atoms with Gasteiger partial charge in [0.15, 0.2) is 0 Å². The molecule has 0 unspecified atom stereocenters. The van der Waals surface area contributed by atoms with Crippen LogP contribution in [0.15, 0.2) is 47.3 Å². The quantitative estimate of drug-likeness (QED) is 0.646. The molecule has 0 saturated carbocycles. The van der Waals surface area contributed by atoms with E-state index in [-0.39, 0.29) is 11.0 Å². The summed E-state index contributed by atoms with van der Waals surface area (Å²) in [5.41, 5.74) is 0.370. The molecule has 8 nitrogen and oxygen atoms in total. The summed E-state index contributed by atoms with van der Waals surface area (Å²) in [7, 11) is 1.43. The van der Waals surface area contributed by atoms with Gasteiger partial charge in [-0.15, -0.1) is 0 Å². The summed E-state index contributed by atoms with van der Waals surface area (Å²) in [6.07, 6.45) is 0. The third-order valence-corrected chi connectivity index (χ3v) is 3.90. The van der Waals surface area contributed by atoms with Gasteiger partial charge >= 0.3 is 5.97 Å². The third-order valence-electron chi connectivity index (χ3n) is 3.90. The van der Waals surface area contributed by atoms with E-state index in [1.54, 1.807) is 12.1 Å². The number of aliphatic carboxylic acids is 1. The standard InChI is InChI=1S/C18H15N3O5/c1-21-16-11(7-8-12(20-16)10-5-3-2-4-6-10)15(24)14(18(21)26)17(25)19-9-13(22)23/h2-8,24H,9H2,1H3,(H,19,25)(H,22,23). The first-order chi connectivity index (χ1) is 12.4. The lowest BCUT2D eigenvalue weighted by atomic mass is 10.1. The SMILES string of the molecule is Cn1c(=O)c(C(=O)NCC(=O)O)c(O)c2ccc(-c3ccccc3)nc21. The number of pyridine rings is 2. The number of amides is 1. The number of hydrogen-bond acceptors (Lipinski definition) is 5. The molecule has 3 rings (SSSR count). The zero-order chi connectivity index (χ0) is 18.8. The molecular weight excluding hydrogens is 338 g/mol. The average molecular weight is 353 g/mol. The molecule has 1 amide bonds. The number of aryl methyl sites for hydroxylation is 1. The molecule has 0 aliphatic carbocycles. The lowest BCUT2D eigenvalue weighted by Crippen LogP contribution is -2.35. The summed E-state index contributed by atoms with van der Waals surface area (Å²) < 4.78 is 1.15. The molecular formula is C18H15N3O5. The van der Waals surface area contributed by atoms with Crippen molar-refractivity contribution < 1.29 is 19.8 Å². The number of fused-ring (bicyclic) bond motifs is 1. The van der Waals surface area contributed by atoms with Gasteiger partial charge in [0.25, 0.3) is 11.5 Å². The Bertz CT molecular complexity index is 1070. The maximum atomic E-state index is 12.5. The summed E-state index contributed by atoms with van der Waals surface area (Å²) >= 11 is 0. The van der Waals surface area contributed by atoms with Gasteiger partial charge in [-0.1, -0.05) is 30.3 Å². The molecule has 132 valence electrons. The fourth-order valence-corrected chi connectivity index (χ4v) is 2.61. The van der Waals surface area contributed by atoms with E-state index in [4.69, 9.17) is 5.11 Å². The largest absolute Gasteiger partial charge is 0.506 e. The topological polar surface area (TPSA) is 122 Å². The zero-order valence-corrected chi connectivity index (χ0v) is 13.8. The molecule has 26 heavy (non-hydrogen) atoms. The van der Waals surface area contributed by atoms with Crippen molar-refractivity contribution in [3.05, 3.63) is 58.4 Å². The van der Waals surface area contributed by atoms with Gasteiger partial charge in [0.1, 0.15) is 23.5 Å². The Balaban J connectivity index is 2.16. The molecule has 2 heterocycles. The summed E-state index contributed by atoms with van der Waals surface area (Å²) in [5, 5.41) is 21.3. The Hall–Kier alpha value is -3.68. The summed E-state index contributed by atoms with van der Waals surface area (Å²) in [6.45, 7) is -0.662. The van der Waals surface area contributed by atoms with Crippen molar-refractivity contribution in [3.63, 3.8) is 0 Å². The number of aromatic nitrogens is 2. The van der Waals surface area contributed by atoms with Gasteiger partial charge in [0.2, 0.25) is 0 Å². The van der Waals surface area contributed by atoms with Crippen LogP contribution in [0.3, 0.4) is 0 Å². The summed E-state index contributed by atoms with van der Waals surface area (Å²) in [6, 6.07) is 12.5. The molecule has 0 bridgehead atoms. The number of rotatable bonds is 4. The molecule has 1 aromatic carbocycles. The van der Waals surface area contributed by atoms with Gasteiger partial charge in [-0.3, -0.25) is 19.0 Å². The average Bonchev–Trinajstić information content (AvgIpc) is 2.65. The molecule has 3 aromatic rings. The van der Waals surface area contributed by atoms with Gasteiger partial charge in [-0.2, -0.15) is 0 Å². The number of hydrogen-bond donors (Lipinski definition) is 3. The minimum Gasteiger partial charge on any atom is -0.506 e. The Morgan fingerprint density at radius 3 is 2.50 bits per heavy atom. The van der Waals surface area contributed by atoms with Crippen LogP contribution in [0.2, 0.25) is 0 Å². The highest BCUT2D eigenvalue weighted by atomic mass is 16.4. The highest BCUT2D eigenvalue weighted by Crippen LogP contribution is 2.27. The highest BCUT2D eigenvalue weighted by molar-refractivity contribution is 6.02. The van der Waals surface area contributed by atoms with Crippen molar-refractivity contribution in [2.75, 3.05) is 6.54 Å². The Kier molecular flexibility index (Phi) is 4.40. The second-order valence-corrected chi connectivity index (χ2v) is 5.60. The number of carbonyl (C=O) groups is 2. The number of nitrogens with zero attached hydrogens (tertiary/aromatic N) is 2. The molecule has 8 heteroatoms. The van der Waals surface area contributed by atoms with Gasteiger partial charge < -0.3 is 15.5 Å². The number of benzene rings is 1. The lowest BCUT2D eigenvalue weighted by molar-refractivity contribution is -0.135. The van der Waals surface area contributed by atoms with E-state index in [2.05, 4.69) is 10.3 Å². The number of aromatic hydroxyl groups is 1. The van der Waals surface area contributed by atoms with E-state index in [0.29, 0.717) is 5.69 Å². The van der Waals surface area contributed by atoms with Gasteiger partial charge in [0.05, 0.1) is 11.1 Å². The van der Waals surface area contributed by atoms with Crippen molar-refractivity contribution in [3.8, 4) is 17.0 Å². The van der Waals surface area contributed by atoms with E-state index in [9.17, 15) is 19.5 Å². The molecule has 0 aliphatic rings. The first kappa shape index (κ1) is 17.2. The second kappa shape index (κ2) is 6.67. The number of carboxylic acids is 1. The summed E-state index contributed by atoms with van der Waals surface area (Å²) in [5.74, 6) is -2.75. The lowest BCUT2D eigenvalue weighted by Gasteiger charge is -2.12. The molecule has 0 fully saturated rings. The van der Waals surface area contributed by atoms with E-state index in [1.807, 2.05) is 30.3 Å². The van der Waals surface area contributed by atoms with Crippen LogP contribution < -0.4 is 10.9 Å². The Morgan fingerprint density at radius 1 is 1.15 bits per heavy atom. The maximum Gasteiger partial charge on any atom is 0.322 e. The van der Waals surface area contributed by atoms with Crippen LogP contribution in [0.5, 0.6) is 5.75 Å². The van der Waals surface area contributed by atoms with E-state index >= 15 is 0 Å². The van der Waals surface area contributed by atoms with E-state index < -0.39 is 35.3 Å². The minimum absolute atomic E-state index is 0.212. The molecule has 0 atom stereocenters. The summed E-state index contributed by atoms with van der Waals surface area (Å²) in [4.78, 5) is 39.6. The Morgan fingerprint density at radius 2 is 1.85 bits per heavy atom. The van der Waals surface area contributed by atoms with Gasteiger partial charge in [-0.05, 0) is 12.1 Å². The molecule has 3 N–H and O–H groups in total. The van der Waals surface area contributed by atoms with Crippen molar-refractivity contribution in [2.45, 2.75) is 0 Å². The van der Waals surface area contributed by atoms with E-state index in [0.717, 1.165) is 10.1 Å². The van der Waals surface area contributed by atoms with Crippen molar-refractivity contribution in [2.24, 2.45) is 7.05 Å². The smallest absolute Gasteiger partial charge is 0.322 e. The fourth-order valence-electron chi connectivity index (χ4n) is 2.61. The predicted octanol–water partition coefficient (Wildman–Crippen LogP) is 1.12. The first-order valence-electron chi connectivity index (χ1n) is 7.68. The maximum absolute atomic E-state index is 12.5. The van der Waals surface area contributed by atoms with Crippen molar-refractivity contribution in [1.82, 2.24) is 14.9 Å². The number of nitrogens with one attached hydrogen (secondary N) is 1. The molecule has 0 spiro atoms. The van der Waals surface area contributed by atoms with E-state index in [1.165, 1.54) is 7.05 Å². The molecule has 0 radical (unpaired) electrons. The van der Waals surface area contributed by atoms with Crippen LogP contribution in [0.4, 0.5) is 0 Å². The normalized spacial score (nSPS) is 10.7. The van der Waals surface area contributed by atoms with Crippen LogP contribution in [0.25, 0.3) is 22.3 Å². The third kappa shape index (κ3) is 3.00. The van der Waals surface area contributed by atoms with Crippen molar-refractivity contribution >= 4 is 22.9 Å².